The van der Waals surface area contributed by atoms with Gasteiger partial charge >= 0.3 is 0 Å². The lowest BCUT2D eigenvalue weighted by Gasteiger charge is -2.38. The molecule has 1 N–H and O–H groups in total. The van der Waals surface area contributed by atoms with Gasteiger partial charge in [0.15, 0.2) is 0 Å². The second kappa shape index (κ2) is 6.05. The van der Waals surface area contributed by atoms with Gasteiger partial charge in [0.05, 0.1) is 24.3 Å². The largest absolute Gasteiger partial charge is 0.494 e. The number of nitrogens with one attached hydrogen (secondary N) is 1. The number of rotatable bonds is 3. The number of allylic oxidation sites excluding steroid dienone is 2. The van der Waals surface area contributed by atoms with Crippen molar-refractivity contribution >= 4 is 5.69 Å². The summed E-state index contributed by atoms with van der Waals surface area (Å²) in [5.74, 6) is 1.77. The Morgan fingerprint density at radius 2 is 2.08 bits per heavy atom. The van der Waals surface area contributed by atoms with Gasteiger partial charge in [-0.15, -0.1) is 0 Å². The summed E-state index contributed by atoms with van der Waals surface area (Å²) in [7, 11) is 0. The van der Waals surface area contributed by atoms with E-state index in [1.807, 2.05) is 37.3 Å². The molecule has 0 fully saturated rings. The van der Waals surface area contributed by atoms with Gasteiger partial charge in [0.2, 0.25) is 0 Å². The smallest absolute Gasteiger partial charge is 0.124 e. The highest BCUT2D eigenvalue weighted by molar-refractivity contribution is 5.62. The van der Waals surface area contributed by atoms with E-state index < -0.39 is 0 Å². The first-order valence-corrected chi connectivity index (χ1v) is 8.50. The monoisotopic (exact) mass is 316 g/mol. The molecular weight excluding hydrogens is 296 g/mol. The quantitative estimate of drug-likeness (QED) is 0.829. The van der Waals surface area contributed by atoms with E-state index in [9.17, 15) is 5.26 Å². The highest BCUT2D eigenvalue weighted by atomic mass is 16.5. The Labute approximate surface area is 142 Å². The van der Waals surface area contributed by atoms with Crippen molar-refractivity contribution in [2.45, 2.75) is 25.3 Å². The van der Waals surface area contributed by atoms with Crippen LogP contribution in [0.15, 0.2) is 54.6 Å². The van der Waals surface area contributed by atoms with Crippen LogP contribution in [-0.2, 0) is 0 Å². The SMILES string of the molecule is CCOc1ccccc1C1Nc2ccc(C#N)cc2C2C=CCC21. The molecule has 3 heteroatoms. The molecule has 1 aliphatic carbocycles. The molecular formula is C21H20N2O. The van der Waals surface area contributed by atoms with Crippen molar-refractivity contribution in [3.63, 3.8) is 0 Å². The molecule has 3 unspecified atom stereocenters. The summed E-state index contributed by atoms with van der Waals surface area (Å²) in [5.41, 5.74) is 4.30. The predicted molar refractivity (Wildman–Crippen MR) is 95.1 cm³/mol. The van der Waals surface area contributed by atoms with Gasteiger partial charge in [-0.25, -0.2) is 0 Å². The lowest BCUT2D eigenvalue weighted by Crippen LogP contribution is -2.29. The van der Waals surface area contributed by atoms with Crippen LogP contribution in [0.2, 0.25) is 0 Å². The van der Waals surface area contributed by atoms with Crippen molar-refractivity contribution in [2.24, 2.45) is 5.92 Å². The maximum Gasteiger partial charge on any atom is 0.124 e. The zero-order chi connectivity index (χ0) is 16.5. The first kappa shape index (κ1) is 14.8. The topological polar surface area (TPSA) is 45.0 Å². The van der Waals surface area contributed by atoms with E-state index in [1.54, 1.807) is 0 Å². The number of hydrogen-bond acceptors (Lipinski definition) is 3. The zero-order valence-corrected chi connectivity index (χ0v) is 13.7. The highest BCUT2D eigenvalue weighted by Crippen LogP contribution is 2.51. The van der Waals surface area contributed by atoms with Crippen LogP contribution in [0.4, 0.5) is 5.69 Å². The lowest BCUT2D eigenvalue weighted by atomic mass is 9.76. The molecule has 0 spiro atoms. The second-order valence-electron chi connectivity index (χ2n) is 6.36. The molecule has 0 bridgehead atoms. The van der Waals surface area contributed by atoms with E-state index in [4.69, 9.17) is 4.74 Å². The average Bonchev–Trinajstić information content (AvgIpc) is 3.11. The number of nitrogens with zero attached hydrogens (tertiary/aromatic N) is 1. The fourth-order valence-electron chi connectivity index (χ4n) is 4.00. The third kappa shape index (κ3) is 2.35. The number of benzene rings is 2. The normalized spacial score (nSPS) is 23.8. The molecule has 0 saturated carbocycles. The van der Waals surface area contributed by atoms with Crippen LogP contribution in [-0.4, -0.2) is 6.61 Å². The number of para-hydroxylation sites is 1. The van der Waals surface area contributed by atoms with E-state index >= 15 is 0 Å². The fourth-order valence-corrected chi connectivity index (χ4v) is 4.00. The minimum Gasteiger partial charge on any atom is -0.494 e. The molecule has 1 heterocycles. The first-order valence-electron chi connectivity index (χ1n) is 8.50. The van der Waals surface area contributed by atoms with Gasteiger partial charge in [-0.3, -0.25) is 0 Å². The van der Waals surface area contributed by atoms with E-state index in [2.05, 4.69) is 35.7 Å². The number of hydrogen-bond donors (Lipinski definition) is 1. The van der Waals surface area contributed by atoms with Gasteiger partial charge in [0.25, 0.3) is 0 Å². The molecule has 3 nitrogen and oxygen atoms in total. The summed E-state index contributed by atoms with van der Waals surface area (Å²) in [6, 6.07) is 16.7. The maximum absolute atomic E-state index is 9.20. The van der Waals surface area contributed by atoms with Crippen molar-refractivity contribution < 1.29 is 4.74 Å². The molecule has 0 amide bonds. The van der Waals surface area contributed by atoms with Crippen LogP contribution < -0.4 is 10.1 Å². The fraction of sp³-hybridized carbons (Fsp3) is 0.286. The molecule has 24 heavy (non-hydrogen) atoms. The molecule has 3 atom stereocenters. The summed E-state index contributed by atoms with van der Waals surface area (Å²) in [6.07, 6.45) is 5.60. The number of fused-ring (bicyclic) bond motifs is 3. The molecule has 120 valence electrons. The van der Waals surface area contributed by atoms with Crippen molar-refractivity contribution in [1.82, 2.24) is 0 Å². The number of nitriles is 1. The molecule has 2 aromatic carbocycles. The third-order valence-electron chi connectivity index (χ3n) is 5.05. The Balaban J connectivity index is 1.78. The summed E-state index contributed by atoms with van der Waals surface area (Å²) in [6.45, 7) is 2.68. The molecule has 0 aromatic heterocycles. The van der Waals surface area contributed by atoms with Crippen LogP contribution in [0.3, 0.4) is 0 Å². The van der Waals surface area contributed by atoms with Crippen LogP contribution in [0.1, 0.15) is 42.0 Å². The average molecular weight is 316 g/mol. The van der Waals surface area contributed by atoms with Gasteiger partial charge in [-0.1, -0.05) is 30.4 Å². The number of ether oxygens (including phenoxy) is 1. The van der Waals surface area contributed by atoms with Crippen molar-refractivity contribution in [3.05, 3.63) is 71.3 Å². The summed E-state index contributed by atoms with van der Waals surface area (Å²) < 4.78 is 5.86. The van der Waals surface area contributed by atoms with Crippen molar-refractivity contribution in [3.8, 4) is 11.8 Å². The molecule has 2 aromatic rings. The Hall–Kier alpha value is -2.73. The molecule has 0 radical (unpaired) electrons. The van der Waals surface area contributed by atoms with Crippen molar-refractivity contribution in [2.75, 3.05) is 11.9 Å². The highest BCUT2D eigenvalue weighted by Gasteiger charge is 2.38. The van der Waals surface area contributed by atoms with Crippen molar-refractivity contribution in [1.29, 1.82) is 5.26 Å². The van der Waals surface area contributed by atoms with Gasteiger partial charge < -0.3 is 10.1 Å². The van der Waals surface area contributed by atoms with Crippen LogP contribution >= 0.6 is 0 Å². The number of anilines is 1. The van der Waals surface area contributed by atoms with E-state index in [0.29, 0.717) is 18.4 Å². The van der Waals surface area contributed by atoms with Crippen LogP contribution in [0.25, 0.3) is 0 Å². The summed E-state index contributed by atoms with van der Waals surface area (Å²) in [4.78, 5) is 0. The Kier molecular flexibility index (Phi) is 3.74. The molecule has 0 saturated heterocycles. The Bertz CT molecular complexity index is 834. The van der Waals surface area contributed by atoms with E-state index in [-0.39, 0.29) is 6.04 Å². The van der Waals surface area contributed by atoms with Gasteiger partial charge in [0.1, 0.15) is 5.75 Å². The molecule has 2 aliphatic rings. The maximum atomic E-state index is 9.20. The van der Waals surface area contributed by atoms with Crippen LogP contribution in [0, 0.1) is 17.2 Å². The Morgan fingerprint density at radius 1 is 1.21 bits per heavy atom. The van der Waals surface area contributed by atoms with E-state index in [1.165, 1.54) is 11.1 Å². The lowest BCUT2D eigenvalue weighted by molar-refractivity contribution is 0.326. The Morgan fingerprint density at radius 3 is 2.92 bits per heavy atom. The third-order valence-corrected chi connectivity index (χ3v) is 5.05. The van der Waals surface area contributed by atoms with Gasteiger partial charge in [0, 0.05) is 17.2 Å². The zero-order valence-electron chi connectivity index (χ0n) is 13.7. The predicted octanol–water partition coefficient (Wildman–Crippen LogP) is 4.78. The van der Waals surface area contributed by atoms with Gasteiger partial charge in [-0.05, 0) is 49.1 Å². The van der Waals surface area contributed by atoms with Crippen LogP contribution in [0.5, 0.6) is 5.75 Å². The van der Waals surface area contributed by atoms with Gasteiger partial charge in [-0.2, -0.15) is 5.26 Å². The minimum absolute atomic E-state index is 0.216. The molecule has 1 aliphatic heterocycles. The minimum atomic E-state index is 0.216. The van der Waals surface area contributed by atoms with E-state index in [0.717, 1.165) is 23.4 Å². The summed E-state index contributed by atoms with van der Waals surface area (Å²) >= 11 is 0. The first-order chi connectivity index (χ1) is 11.8. The molecule has 4 rings (SSSR count). The standard InChI is InChI=1S/C21H20N2O/c1-2-24-20-9-4-3-6-17(20)21-16-8-5-7-15(16)18-12-14(13-22)10-11-19(18)23-21/h3-7,9-12,15-16,21,23H,2,8H2,1H3. The second-order valence-corrected chi connectivity index (χ2v) is 6.36. The summed E-state index contributed by atoms with van der Waals surface area (Å²) in [5, 5.41) is 12.9.